The summed E-state index contributed by atoms with van der Waals surface area (Å²) in [5.41, 5.74) is 0. The first kappa shape index (κ1) is 12.6. The molecule has 0 saturated heterocycles. The fraction of sp³-hybridized carbons (Fsp3) is 0.667. The molecule has 0 amide bonds. The number of hydrogen-bond donors (Lipinski definition) is 1. The molecule has 1 atom stereocenters. The van der Waals surface area contributed by atoms with Crippen LogP contribution in [0.4, 0.5) is 5.95 Å². The van der Waals surface area contributed by atoms with Crippen LogP contribution in [0.15, 0.2) is 10.7 Å². The first-order chi connectivity index (χ1) is 8.20. The highest BCUT2D eigenvalue weighted by Crippen LogP contribution is 2.29. The van der Waals surface area contributed by atoms with E-state index in [0.717, 1.165) is 10.4 Å². The predicted molar refractivity (Wildman–Crippen MR) is 71.3 cm³/mol. The van der Waals surface area contributed by atoms with Crippen molar-refractivity contribution in [3.05, 3.63) is 10.7 Å². The molecule has 0 aromatic carbocycles. The Labute approximate surface area is 110 Å². The number of rotatable bonds is 4. The van der Waals surface area contributed by atoms with E-state index in [4.69, 9.17) is 4.74 Å². The van der Waals surface area contributed by atoms with Gasteiger partial charge in [0.05, 0.1) is 17.8 Å². The van der Waals surface area contributed by atoms with Gasteiger partial charge in [-0.15, -0.1) is 0 Å². The zero-order valence-electron chi connectivity index (χ0n) is 10.2. The van der Waals surface area contributed by atoms with Crippen LogP contribution in [0, 0.1) is 5.92 Å². The number of nitrogens with zero attached hydrogens (tertiary/aromatic N) is 2. The summed E-state index contributed by atoms with van der Waals surface area (Å²) < 4.78 is 5.93. The zero-order chi connectivity index (χ0) is 12.3. The first-order valence-electron chi connectivity index (χ1n) is 6.03. The monoisotopic (exact) mass is 299 g/mol. The SMILES string of the molecule is COc1nc(NC(C)C2CCCC2)ncc1Br. The second-order valence-corrected chi connectivity index (χ2v) is 5.38. The lowest BCUT2D eigenvalue weighted by Gasteiger charge is -2.20. The van der Waals surface area contributed by atoms with E-state index in [0.29, 0.717) is 17.9 Å². The Kier molecular flexibility index (Phi) is 4.20. The topological polar surface area (TPSA) is 47.0 Å². The van der Waals surface area contributed by atoms with Gasteiger partial charge in [-0.1, -0.05) is 12.8 Å². The van der Waals surface area contributed by atoms with E-state index in [1.165, 1.54) is 25.7 Å². The van der Waals surface area contributed by atoms with Crippen molar-refractivity contribution in [2.24, 2.45) is 5.92 Å². The van der Waals surface area contributed by atoms with Crippen LogP contribution >= 0.6 is 15.9 Å². The van der Waals surface area contributed by atoms with E-state index < -0.39 is 0 Å². The minimum absolute atomic E-state index is 0.420. The third kappa shape index (κ3) is 3.09. The zero-order valence-corrected chi connectivity index (χ0v) is 11.8. The molecule has 1 aromatic heterocycles. The van der Waals surface area contributed by atoms with Crippen LogP contribution in [-0.4, -0.2) is 23.1 Å². The van der Waals surface area contributed by atoms with Crippen LogP contribution in [0.1, 0.15) is 32.6 Å². The summed E-state index contributed by atoms with van der Waals surface area (Å²) in [5.74, 6) is 1.96. The Balaban J connectivity index is 2.02. The number of halogens is 1. The fourth-order valence-electron chi connectivity index (χ4n) is 2.34. The highest BCUT2D eigenvalue weighted by Gasteiger charge is 2.22. The van der Waals surface area contributed by atoms with E-state index >= 15 is 0 Å². The number of methoxy groups -OCH3 is 1. The van der Waals surface area contributed by atoms with Gasteiger partial charge < -0.3 is 10.1 Å². The summed E-state index contributed by atoms with van der Waals surface area (Å²) in [6.45, 7) is 2.20. The van der Waals surface area contributed by atoms with E-state index in [-0.39, 0.29) is 0 Å². The molecule has 1 aromatic rings. The van der Waals surface area contributed by atoms with Gasteiger partial charge in [-0.3, -0.25) is 0 Å². The predicted octanol–water partition coefficient (Wildman–Crippen LogP) is 3.24. The highest BCUT2D eigenvalue weighted by atomic mass is 79.9. The van der Waals surface area contributed by atoms with Gasteiger partial charge in [0.1, 0.15) is 0 Å². The van der Waals surface area contributed by atoms with Gasteiger partial charge in [-0.25, -0.2) is 4.98 Å². The minimum atomic E-state index is 0.420. The van der Waals surface area contributed by atoms with Crippen LogP contribution in [-0.2, 0) is 0 Å². The Morgan fingerprint density at radius 2 is 2.18 bits per heavy atom. The van der Waals surface area contributed by atoms with Crippen LogP contribution in [0.5, 0.6) is 5.88 Å². The molecule has 2 rings (SSSR count). The number of ether oxygens (including phenoxy) is 1. The molecule has 1 unspecified atom stereocenters. The number of aromatic nitrogens is 2. The molecule has 1 fully saturated rings. The van der Waals surface area contributed by atoms with Crippen molar-refractivity contribution in [3.63, 3.8) is 0 Å². The third-order valence-corrected chi connectivity index (χ3v) is 3.91. The fourth-order valence-corrected chi connectivity index (χ4v) is 2.70. The average Bonchev–Trinajstić information content (AvgIpc) is 2.85. The normalized spacial score (nSPS) is 18.1. The second kappa shape index (κ2) is 5.67. The largest absolute Gasteiger partial charge is 0.480 e. The summed E-state index contributed by atoms with van der Waals surface area (Å²) >= 11 is 3.35. The van der Waals surface area contributed by atoms with Crippen molar-refractivity contribution < 1.29 is 4.74 Å². The van der Waals surface area contributed by atoms with Crippen molar-refractivity contribution in [1.82, 2.24) is 9.97 Å². The van der Waals surface area contributed by atoms with Crippen LogP contribution in [0.3, 0.4) is 0 Å². The second-order valence-electron chi connectivity index (χ2n) is 4.53. The maximum absolute atomic E-state index is 5.15. The molecular weight excluding hydrogens is 282 g/mol. The molecule has 1 aliphatic carbocycles. The third-order valence-electron chi connectivity index (χ3n) is 3.37. The van der Waals surface area contributed by atoms with Gasteiger partial charge in [0.15, 0.2) is 0 Å². The van der Waals surface area contributed by atoms with Gasteiger partial charge in [0, 0.05) is 6.04 Å². The molecular formula is C12H18BrN3O. The molecule has 17 heavy (non-hydrogen) atoms. The Hall–Kier alpha value is -0.840. The minimum Gasteiger partial charge on any atom is -0.480 e. The summed E-state index contributed by atoms with van der Waals surface area (Å²) in [7, 11) is 1.61. The molecule has 1 aliphatic rings. The molecule has 1 saturated carbocycles. The van der Waals surface area contributed by atoms with Gasteiger partial charge >= 0.3 is 0 Å². The molecule has 0 spiro atoms. The molecule has 5 heteroatoms. The van der Waals surface area contributed by atoms with E-state index in [1.54, 1.807) is 13.3 Å². The quantitative estimate of drug-likeness (QED) is 0.927. The lowest BCUT2D eigenvalue weighted by molar-refractivity contribution is 0.393. The molecule has 0 bridgehead atoms. The van der Waals surface area contributed by atoms with Crippen LogP contribution in [0.2, 0.25) is 0 Å². The number of anilines is 1. The first-order valence-corrected chi connectivity index (χ1v) is 6.83. The molecule has 1 N–H and O–H groups in total. The summed E-state index contributed by atoms with van der Waals surface area (Å²) in [4.78, 5) is 8.56. The lowest BCUT2D eigenvalue weighted by atomic mass is 10.0. The maximum Gasteiger partial charge on any atom is 0.232 e. The Morgan fingerprint density at radius 1 is 1.47 bits per heavy atom. The molecule has 4 nitrogen and oxygen atoms in total. The van der Waals surface area contributed by atoms with Gasteiger partial charge in [-0.05, 0) is 41.6 Å². The van der Waals surface area contributed by atoms with Gasteiger partial charge in [0.25, 0.3) is 0 Å². The number of nitrogens with one attached hydrogen (secondary N) is 1. The molecule has 0 radical (unpaired) electrons. The summed E-state index contributed by atoms with van der Waals surface area (Å²) in [6.07, 6.45) is 7.03. The smallest absolute Gasteiger partial charge is 0.232 e. The number of hydrogen-bond acceptors (Lipinski definition) is 4. The summed E-state index contributed by atoms with van der Waals surface area (Å²) in [6, 6.07) is 0.420. The van der Waals surface area contributed by atoms with Crippen molar-refractivity contribution in [3.8, 4) is 5.88 Å². The van der Waals surface area contributed by atoms with Crippen molar-refractivity contribution in [2.75, 3.05) is 12.4 Å². The van der Waals surface area contributed by atoms with Crippen molar-refractivity contribution in [2.45, 2.75) is 38.6 Å². The highest BCUT2D eigenvalue weighted by molar-refractivity contribution is 9.10. The average molecular weight is 300 g/mol. The maximum atomic E-state index is 5.15. The van der Waals surface area contributed by atoms with Crippen molar-refractivity contribution in [1.29, 1.82) is 0 Å². The van der Waals surface area contributed by atoms with E-state index in [2.05, 4.69) is 38.1 Å². The standard InChI is InChI=1S/C12H18BrN3O/c1-8(9-5-3-4-6-9)15-12-14-7-10(13)11(16-12)17-2/h7-9H,3-6H2,1-2H3,(H,14,15,16). The van der Waals surface area contributed by atoms with Crippen LogP contribution in [0.25, 0.3) is 0 Å². The van der Waals surface area contributed by atoms with Gasteiger partial charge in [-0.2, -0.15) is 4.98 Å². The lowest BCUT2D eigenvalue weighted by Crippen LogP contribution is -2.25. The Morgan fingerprint density at radius 3 is 2.82 bits per heavy atom. The van der Waals surface area contributed by atoms with E-state index in [1.807, 2.05) is 0 Å². The summed E-state index contributed by atoms with van der Waals surface area (Å²) in [5, 5.41) is 3.36. The van der Waals surface area contributed by atoms with Crippen molar-refractivity contribution >= 4 is 21.9 Å². The van der Waals surface area contributed by atoms with E-state index in [9.17, 15) is 0 Å². The Bertz CT molecular complexity index is 380. The molecule has 94 valence electrons. The van der Waals surface area contributed by atoms with Gasteiger partial charge in [0.2, 0.25) is 11.8 Å². The molecule has 1 heterocycles. The van der Waals surface area contributed by atoms with Crippen LogP contribution < -0.4 is 10.1 Å². The molecule has 0 aliphatic heterocycles.